The number of thioether (sulfide) groups is 1. The minimum Gasteiger partial charge on any atom is -0.493 e. The number of ether oxygens (including phenoxy) is 1. The predicted molar refractivity (Wildman–Crippen MR) is 202 cm³/mol. The molecule has 4 N–H and O–H groups in total. The van der Waals surface area contributed by atoms with Crippen molar-refractivity contribution in [2.75, 3.05) is 13.0 Å². The summed E-state index contributed by atoms with van der Waals surface area (Å²) in [6, 6.07) is 19.0. The molecule has 11 nitrogen and oxygen atoms in total. The molecule has 0 bridgehead atoms. The Hall–Kier alpha value is -4.81. The fourth-order valence-corrected chi connectivity index (χ4v) is 7.73. The SMILES string of the molecule is COc1cccc2cc(C(=O)N[C@H](C(=O)N[C@@H](Cc3ccccc3)[C@H](O)C(=O)N3CSC(C)(C)[C@H]3C(=O)NCc3c(C)cccc3C)C(C)C)oc12. The third kappa shape index (κ3) is 8.45. The maximum Gasteiger partial charge on any atom is 0.287 e. The predicted octanol–water partition coefficient (Wildman–Crippen LogP) is 4.90. The zero-order chi connectivity index (χ0) is 37.7. The minimum atomic E-state index is -1.70. The molecule has 3 aromatic carbocycles. The fraction of sp³-hybridized carbons (Fsp3) is 0.400. The van der Waals surface area contributed by atoms with Crippen molar-refractivity contribution >= 4 is 46.4 Å². The third-order valence-electron chi connectivity index (χ3n) is 9.61. The highest BCUT2D eigenvalue weighted by Crippen LogP contribution is 2.40. The second-order valence-electron chi connectivity index (χ2n) is 14.1. The molecular weight excluding hydrogens is 681 g/mol. The third-order valence-corrected chi connectivity index (χ3v) is 11.0. The summed E-state index contributed by atoms with van der Waals surface area (Å²) in [4.78, 5) is 56.7. The minimum absolute atomic E-state index is 0.00468. The molecule has 0 spiro atoms. The molecule has 0 aliphatic carbocycles. The number of rotatable bonds is 13. The summed E-state index contributed by atoms with van der Waals surface area (Å²) in [5.74, 6) is -1.89. The van der Waals surface area contributed by atoms with Crippen LogP contribution in [-0.2, 0) is 27.3 Å². The molecule has 1 aliphatic heterocycles. The van der Waals surface area contributed by atoms with E-state index in [-0.39, 0.29) is 29.9 Å². The van der Waals surface area contributed by atoms with Gasteiger partial charge in [-0.3, -0.25) is 19.2 Å². The first-order valence-corrected chi connectivity index (χ1v) is 18.4. The van der Waals surface area contributed by atoms with Gasteiger partial charge in [0, 0.05) is 16.7 Å². The molecule has 1 fully saturated rings. The maximum atomic E-state index is 14.2. The van der Waals surface area contributed by atoms with Crippen molar-refractivity contribution in [1.29, 1.82) is 0 Å². The van der Waals surface area contributed by atoms with Crippen LogP contribution in [0.3, 0.4) is 0 Å². The number of aryl methyl sites for hydroxylation is 2. The summed E-state index contributed by atoms with van der Waals surface area (Å²) in [5.41, 5.74) is 4.30. The van der Waals surface area contributed by atoms with Gasteiger partial charge in [-0.25, -0.2) is 0 Å². The van der Waals surface area contributed by atoms with Crippen LogP contribution >= 0.6 is 11.8 Å². The van der Waals surface area contributed by atoms with Gasteiger partial charge in [-0.1, -0.05) is 74.5 Å². The van der Waals surface area contributed by atoms with Gasteiger partial charge in [-0.15, -0.1) is 11.8 Å². The first-order valence-electron chi connectivity index (χ1n) is 17.4. The number of carbonyl (C=O) groups excluding carboxylic acids is 4. The number of carbonyl (C=O) groups is 4. The number of fused-ring (bicyclic) bond motifs is 1. The maximum absolute atomic E-state index is 14.2. The molecule has 2 heterocycles. The number of para-hydroxylation sites is 1. The molecule has 4 amide bonds. The van der Waals surface area contributed by atoms with Crippen molar-refractivity contribution in [3.05, 3.63) is 101 Å². The molecule has 1 saturated heterocycles. The van der Waals surface area contributed by atoms with E-state index in [1.807, 2.05) is 76.2 Å². The number of aliphatic hydroxyl groups is 1. The lowest BCUT2D eigenvalue weighted by atomic mass is 9.96. The average molecular weight is 729 g/mol. The highest BCUT2D eigenvalue weighted by molar-refractivity contribution is 8.00. The molecule has 4 aromatic rings. The highest BCUT2D eigenvalue weighted by Gasteiger charge is 2.50. The highest BCUT2D eigenvalue weighted by atomic mass is 32.2. The molecule has 52 heavy (non-hydrogen) atoms. The molecule has 12 heteroatoms. The van der Waals surface area contributed by atoms with Crippen LogP contribution in [0, 0.1) is 19.8 Å². The Balaban J connectivity index is 1.35. The van der Waals surface area contributed by atoms with Gasteiger partial charge in [-0.2, -0.15) is 0 Å². The molecule has 276 valence electrons. The van der Waals surface area contributed by atoms with Crippen LogP contribution in [0.15, 0.2) is 77.2 Å². The molecule has 1 aromatic heterocycles. The number of furan rings is 1. The van der Waals surface area contributed by atoms with Crippen LogP contribution < -0.4 is 20.7 Å². The van der Waals surface area contributed by atoms with Crippen molar-refractivity contribution < 1.29 is 33.4 Å². The lowest BCUT2D eigenvalue weighted by Crippen LogP contribution is -2.60. The molecular formula is C40H48N4O7S. The second-order valence-corrected chi connectivity index (χ2v) is 15.7. The monoisotopic (exact) mass is 728 g/mol. The van der Waals surface area contributed by atoms with Gasteiger partial charge in [0.1, 0.15) is 12.1 Å². The van der Waals surface area contributed by atoms with Crippen molar-refractivity contribution in [3.8, 4) is 5.75 Å². The number of nitrogens with one attached hydrogen (secondary N) is 3. The lowest BCUT2D eigenvalue weighted by Gasteiger charge is -2.34. The van der Waals surface area contributed by atoms with Gasteiger partial charge in [0.25, 0.3) is 11.8 Å². The summed E-state index contributed by atoms with van der Waals surface area (Å²) in [6.45, 7) is 11.6. The Morgan fingerprint density at radius 3 is 2.31 bits per heavy atom. The quantitative estimate of drug-likeness (QED) is 0.152. The largest absolute Gasteiger partial charge is 0.493 e. The summed E-state index contributed by atoms with van der Waals surface area (Å²) in [6.07, 6.45) is -1.57. The van der Waals surface area contributed by atoms with E-state index in [9.17, 15) is 24.3 Å². The van der Waals surface area contributed by atoms with E-state index in [0.29, 0.717) is 23.3 Å². The molecule has 0 saturated carbocycles. The number of nitrogens with zero attached hydrogens (tertiary/aromatic N) is 1. The summed E-state index contributed by atoms with van der Waals surface area (Å²) < 4.78 is 10.5. The Labute approximate surface area is 308 Å². The van der Waals surface area contributed by atoms with E-state index in [2.05, 4.69) is 16.0 Å². The van der Waals surface area contributed by atoms with Crippen molar-refractivity contribution in [2.24, 2.45) is 5.92 Å². The average Bonchev–Trinajstić information content (AvgIpc) is 3.70. The van der Waals surface area contributed by atoms with E-state index in [4.69, 9.17) is 9.15 Å². The molecule has 1 aliphatic rings. The van der Waals surface area contributed by atoms with Gasteiger partial charge in [0.15, 0.2) is 23.2 Å². The van der Waals surface area contributed by atoms with Crippen LogP contribution in [0.4, 0.5) is 0 Å². The fourth-order valence-electron chi connectivity index (χ4n) is 6.59. The number of hydrogen-bond acceptors (Lipinski definition) is 8. The Morgan fingerprint density at radius 1 is 0.981 bits per heavy atom. The van der Waals surface area contributed by atoms with Gasteiger partial charge in [0.2, 0.25) is 11.8 Å². The number of aliphatic hydroxyl groups excluding tert-OH is 1. The van der Waals surface area contributed by atoms with Crippen molar-refractivity contribution in [3.63, 3.8) is 0 Å². The van der Waals surface area contributed by atoms with Gasteiger partial charge in [0.05, 0.1) is 19.0 Å². The molecule has 0 radical (unpaired) electrons. The number of amides is 4. The van der Waals surface area contributed by atoms with E-state index in [0.717, 1.165) is 22.3 Å². The second kappa shape index (κ2) is 16.2. The van der Waals surface area contributed by atoms with E-state index in [1.54, 1.807) is 38.1 Å². The topological polar surface area (TPSA) is 150 Å². The molecule has 5 rings (SSSR count). The van der Waals surface area contributed by atoms with Crippen molar-refractivity contribution in [2.45, 2.75) is 83.5 Å². The van der Waals surface area contributed by atoms with Crippen LogP contribution in [0.1, 0.15) is 60.5 Å². The Morgan fingerprint density at radius 2 is 1.65 bits per heavy atom. The zero-order valence-electron chi connectivity index (χ0n) is 30.7. The van der Waals surface area contributed by atoms with Crippen LogP contribution in [0.25, 0.3) is 11.0 Å². The Bertz CT molecular complexity index is 1910. The normalized spacial score (nSPS) is 17.0. The number of benzene rings is 3. The van der Waals surface area contributed by atoms with Gasteiger partial charge < -0.3 is 35.1 Å². The van der Waals surface area contributed by atoms with Gasteiger partial charge in [-0.05, 0) is 74.4 Å². The Kier molecular flexibility index (Phi) is 12.0. The molecule has 0 unspecified atom stereocenters. The van der Waals surface area contributed by atoms with E-state index >= 15 is 0 Å². The van der Waals surface area contributed by atoms with E-state index in [1.165, 1.54) is 23.8 Å². The van der Waals surface area contributed by atoms with Crippen molar-refractivity contribution in [1.82, 2.24) is 20.9 Å². The van der Waals surface area contributed by atoms with Crippen LogP contribution in [0.2, 0.25) is 0 Å². The number of hydrogen-bond donors (Lipinski definition) is 4. The summed E-state index contributed by atoms with van der Waals surface area (Å²) in [7, 11) is 1.51. The van der Waals surface area contributed by atoms with Crippen LogP contribution in [-0.4, -0.2) is 75.6 Å². The molecule has 4 atom stereocenters. The standard InChI is InChI=1S/C40H48N4O7S/c1-23(2)32(43-36(46)31-20-27-17-12-18-30(50-7)34(27)51-31)37(47)42-29(19-26-15-9-8-10-16-26)33(45)39(49)44-22-52-40(5,6)35(44)38(48)41-21-28-24(3)13-11-14-25(28)4/h8-18,20,23,29,32-33,35,45H,19,21-22H2,1-7H3,(H,41,48)(H,42,47)(H,43,46)/t29-,32-,33-,35+/m0/s1. The summed E-state index contributed by atoms with van der Waals surface area (Å²) >= 11 is 1.45. The lowest BCUT2D eigenvalue weighted by molar-refractivity contribution is -0.148. The smallest absolute Gasteiger partial charge is 0.287 e. The first kappa shape index (κ1) is 38.4. The van der Waals surface area contributed by atoms with Crippen LogP contribution in [0.5, 0.6) is 5.75 Å². The number of methoxy groups -OCH3 is 1. The van der Waals surface area contributed by atoms with Gasteiger partial charge >= 0.3 is 0 Å². The zero-order valence-corrected chi connectivity index (χ0v) is 31.5. The summed E-state index contributed by atoms with van der Waals surface area (Å²) in [5, 5.41) is 21.1. The van der Waals surface area contributed by atoms with E-state index < -0.39 is 46.7 Å². The first-order chi connectivity index (χ1) is 24.7.